The second kappa shape index (κ2) is 3.46. The third-order valence-electron chi connectivity index (χ3n) is 1.32. The summed E-state index contributed by atoms with van der Waals surface area (Å²) in [5.74, 6) is 6.05. The topological polar surface area (TPSA) is 38.5 Å². The summed E-state index contributed by atoms with van der Waals surface area (Å²) in [5, 5.41) is 0. The second-order valence-electron chi connectivity index (χ2n) is 2.01. The van der Waals surface area contributed by atoms with Crippen molar-refractivity contribution >= 4 is 17.5 Å². The van der Waals surface area contributed by atoms with Gasteiger partial charge in [0.05, 0.1) is 12.8 Å². The summed E-state index contributed by atoms with van der Waals surface area (Å²) >= 11 is 5.47. The average molecular weight is 173 g/mol. The zero-order valence-electron chi connectivity index (χ0n) is 6.12. The maximum Gasteiger partial charge on any atom is 0.119 e. The first-order valence-electron chi connectivity index (χ1n) is 3.08. The number of nitrogens with zero attached hydrogens (tertiary/aromatic N) is 1. The number of hydrazine groups is 1. The highest BCUT2D eigenvalue weighted by molar-refractivity contribution is 6.24. The fourth-order valence-corrected chi connectivity index (χ4v) is 0.837. The Morgan fingerprint density at radius 1 is 1.36 bits per heavy atom. The lowest BCUT2D eigenvalue weighted by atomic mass is 10.3. The molecular formula is C7H9ClN2O. The van der Waals surface area contributed by atoms with Gasteiger partial charge in [0, 0.05) is 11.8 Å². The molecule has 0 saturated carbocycles. The van der Waals surface area contributed by atoms with Crippen molar-refractivity contribution in [3.05, 3.63) is 24.3 Å². The van der Waals surface area contributed by atoms with E-state index in [2.05, 4.69) is 0 Å². The fourth-order valence-electron chi connectivity index (χ4n) is 0.725. The Morgan fingerprint density at radius 3 is 2.27 bits per heavy atom. The number of methoxy groups -OCH3 is 1. The van der Waals surface area contributed by atoms with Crippen LogP contribution in [0.25, 0.3) is 0 Å². The number of ether oxygens (including phenoxy) is 1. The molecule has 4 heteroatoms. The summed E-state index contributed by atoms with van der Waals surface area (Å²) in [7, 11) is 1.61. The van der Waals surface area contributed by atoms with Crippen molar-refractivity contribution in [2.75, 3.05) is 11.6 Å². The number of halogens is 1. The first-order chi connectivity index (χ1) is 5.24. The van der Waals surface area contributed by atoms with Crippen molar-refractivity contribution in [2.24, 2.45) is 5.84 Å². The molecule has 3 nitrogen and oxygen atoms in total. The summed E-state index contributed by atoms with van der Waals surface area (Å²) in [6.45, 7) is 0. The van der Waals surface area contributed by atoms with E-state index >= 15 is 0 Å². The van der Waals surface area contributed by atoms with Gasteiger partial charge < -0.3 is 4.74 Å². The predicted molar refractivity (Wildman–Crippen MR) is 45.5 cm³/mol. The Balaban J connectivity index is 2.83. The smallest absolute Gasteiger partial charge is 0.119 e. The fraction of sp³-hybridized carbons (Fsp3) is 0.143. The summed E-state index contributed by atoms with van der Waals surface area (Å²) in [4.78, 5) is 0. The maximum absolute atomic E-state index is 5.47. The summed E-state index contributed by atoms with van der Waals surface area (Å²) < 4.78 is 5.97. The van der Waals surface area contributed by atoms with Crippen LogP contribution < -0.4 is 15.1 Å². The molecule has 0 heterocycles. The third-order valence-corrected chi connectivity index (χ3v) is 1.51. The van der Waals surface area contributed by atoms with Gasteiger partial charge in [0.15, 0.2) is 0 Å². The molecule has 2 N–H and O–H groups in total. The molecule has 0 saturated heterocycles. The van der Waals surface area contributed by atoms with Crippen molar-refractivity contribution < 1.29 is 4.74 Å². The van der Waals surface area contributed by atoms with Crippen LogP contribution in [0.2, 0.25) is 0 Å². The Kier molecular flexibility index (Phi) is 2.57. The Labute approximate surface area is 70.4 Å². The van der Waals surface area contributed by atoms with Gasteiger partial charge in [-0.1, -0.05) is 0 Å². The highest BCUT2D eigenvalue weighted by Crippen LogP contribution is 2.17. The minimum absolute atomic E-state index is 0.729. The van der Waals surface area contributed by atoms with Gasteiger partial charge in [-0.3, -0.25) is 0 Å². The van der Waals surface area contributed by atoms with Gasteiger partial charge in [0.2, 0.25) is 0 Å². The number of rotatable bonds is 2. The van der Waals surface area contributed by atoms with Crippen molar-refractivity contribution in [1.82, 2.24) is 0 Å². The van der Waals surface area contributed by atoms with E-state index in [1.807, 2.05) is 0 Å². The van der Waals surface area contributed by atoms with E-state index in [1.54, 1.807) is 31.4 Å². The number of benzene rings is 1. The SMILES string of the molecule is COc1ccc(N(N)Cl)cc1. The van der Waals surface area contributed by atoms with E-state index in [1.165, 1.54) is 0 Å². The lowest BCUT2D eigenvalue weighted by Gasteiger charge is -2.07. The van der Waals surface area contributed by atoms with Gasteiger partial charge in [-0.05, 0) is 24.3 Å². The molecule has 0 spiro atoms. The van der Waals surface area contributed by atoms with Crippen molar-refractivity contribution in [3.8, 4) is 5.75 Å². The molecule has 0 amide bonds. The summed E-state index contributed by atoms with van der Waals surface area (Å²) in [6.07, 6.45) is 0. The first kappa shape index (κ1) is 8.17. The highest BCUT2D eigenvalue weighted by atomic mass is 35.5. The monoisotopic (exact) mass is 172 g/mol. The molecule has 1 aromatic rings. The van der Waals surface area contributed by atoms with Crippen molar-refractivity contribution in [1.29, 1.82) is 0 Å². The van der Waals surface area contributed by atoms with Gasteiger partial charge in [-0.15, -0.1) is 0 Å². The molecule has 0 aliphatic carbocycles. The van der Waals surface area contributed by atoms with Crippen LogP contribution >= 0.6 is 11.8 Å². The van der Waals surface area contributed by atoms with E-state index in [4.69, 9.17) is 22.4 Å². The zero-order valence-corrected chi connectivity index (χ0v) is 6.88. The van der Waals surface area contributed by atoms with Gasteiger partial charge >= 0.3 is 0 Å². The van der Waals surface area contributed by atoms with Crippen LogP contribution in [0.3, 0.4) is 0 Å². The Bertz CT molecular complexity index is 222. The molecule has 0 aliphatic rings. The number of anilines is 1. The lowest BCUT2D eigenvalue weighted by molar-refractivity contribution is 0.415. The summed E-state index contributed by atoms with van der Waals surface area (Å²) in [5.41, 5.74) is 0.729. The molecule has 0 unspecified atom stereocenters. The third kappa shape index (κ3) is 2.00. The molecule has 0 bridgehead atoms. The largest absolute Gasteiger partial charge is 0.497 e. The lowest BCUT2D eigenvalue weighted by Crippen LogP contribution is -2.17. The van der Waals surface area contributed by atoms with Gasteiger partial charge in [-0.2, -0.15) is 0 Å². The van der Waals surface area contributed by atoms with Crippen molar-refractivity contribution in [3.63, 3.8) is 0 Å². The molecule has 0 atom stereocenters. The van der Waals surface area contributed by atoms with E-state index in [-0.39, 0.29) is 0 Å². The zero-order chi connectivity index (χ0) is 8.27. The quantitative estimate of drug-likeness (QED) is 0.418. The van der Waals surface area contributed by atoms with Crippen LogP contribution in [0, 0.1) is 0 Å². The number of hydrogen-bond donors (Lipinski definition) is 1. The molecule has 1 rings (SSSR count). The molecule has 11 heavy (non-hydrogen) atoms. The first-order valence-corrected chi connectivity index (χ1v) is 3.42. The van der Waals surface area contributed by atoms with Crippen LogP contribution in [0.1, 0.15) is 0 Å². The normalized spacial score (nSPS) is 9.36. The Hall–Kier alpha value is -0.930. The second-order valence-corrected chi connectivity index (χ2v) is 2.37. The minimum atomic E-state index is 0.729. The molecule has 60 valence electrons. The molecular weight excluding hydrogens is 164 g/mol. The molecule has 0 aliphatic heterocycles. The highest BCUT2D eigenvalue weighted by Gasteiger charge is 1.96. The van der Waals surface area contributed by atoms with Crippen molar-refractivity contribution in [2.45, 2.75) is 0 Å². The van der Waals surface area contributed by atoms with E-state index < -0.39 is 0 Å². The maximum atomic E-state index is 5.47. The van der Waals surface area contributed by atoms with Gasteiger partial charge in [-0.25, -0.2) is 10.4 Å². The van der Waals surface area contributed by atoms with Crippen LogP contribution in [-0.4, -0.2) is 7.11 Å². The summed E-state index contributed by atoms with van der Waals surface area (Å²) in [6, 6.07) is 7.12. The average Bonchev–Trinajstić information content (AvgIpc) is 2.05. The Morgan fingerprint density at radius 2 is 1.91 bits per heavy atom. The number of hydrogen-bond acceptors (Lipinski definition) is 3. The van der Waals surface area contributed by atoms with Gasteiger partial charge in [0.25, 0.3) is 0 Å². The van der Waals surface area contributed by atoms with Crippen LogP contribution in [0.4, 0.5) is 5.69 Å². The predicted octanol–water partition coefficient (Wildman–Crippen LogP) is 1.53. The van der Waals surface area contributed by atoms with E-state index in [0.717, 1.165) is 16.0 Å². The molecule has 1 aromatic carbocycles. The van der Waals surface area contributed by atoms with E-state index in [9.17, 15) is 0 Å². The molecule has 0 fully saturated rings. The van der Waals surface area contributed by atoms with Crippen LogP contribution in [-0.2, 0) is 0 Å². The molecule has 0 aromatic heterocycles. The van der Waals surface area contributed by atoms with Crippen LogP contribution in [0.5, 0.6) is 5.75 Å². The van der Waals surface area contributed by atoms with Gasteiger partial charge in [0.1, 0.15) is 5.75 Å². The standard InChI is InChI=1S/C7H9ClN2O/c1-11-7-4-2-6(3-5-7)10(8)9/h2-5H,9H2,1H3. The van der Waals surface area contributed by atoms with E-state index in [0.29, 0.717) is 0 Å². The molecule has 0 radical (unpaired) electrons. The van der Waals surface area contributed by atoms with Crippen LogP contribution in [0.15, 0.2) is 24.3 Å². The number of nitrogens with two attached hydrogens (primary N) is 1. The minimum Gasteiger partial charge on any atom is -0.497 e.